The number of nitrogen functional groups attached to an aromatic ring is 1. The molecule has 0 radical (unpaired) electrons. The summed E-state index contributed by atoms with van der Waals surface area (Å²) in [7, 11) is 1.60. The maximum absolute atomic E-state index is 13.5. The van der Waals surface area contributed by atoms with Gasteiger partial charge in [-0.05, 0) is 66.1 Å². The highest BCUT2D eigenvalue weighted by atomic mass is 16.5. The second-order valence-electron chi connectivity index (χ2n) is 8.06. The third kappa shape index (κ3) is 4.60. The monoisotopic (exact) mass is 453 g/mol. The van der Waals surface area contributed by atoms with Crippen LogP contribution in [0, 0.1) is 5.41 Å². The van der Waals surface area contributed by atoms with Crippen LogP contribution in [0.5, 0.6) is 5.75 Å². The van der Waals surface area contributed by atoms with Gasteiger partial charge in [0.15, 0.2) is 0 Å². The van der Waals surface area contributed by atoms with Gasteiger partial charge in [-0.1, -0.05) is 24.3 Å². The van der Waals surface area contributed by atoms with Crippen molar-refractivity contribution >= 4 is 28.2 Å². The molecule has 1 heterocycles. The maximum Gasteiger partial charge on any atom is 0.254 e. The van der Waals surface area contributed by atoms with Gasteiger partial charge in [-0.2, -0.15) is 0 Å². The van der Waals surface area contributed by atoms with Crippen molar-refractivity contribution in [3.63, 3.8) is 0 Å². The summed E-state index contributed by atoms with van der Waals surface area (Å²) < 4.78 is 5.31. The molecule has 6 N–H and O–H groups in total. The first-order chi connectivity index (χ1) is 16.4. The van der Waals surface area contributed by atoms with Crippen LogP contribution in [0.4, 0.5) is 5.69 Å². The number of rotatable bonds is 7. The van der Waals surface area contributed by atoms with Crippen LogP contribution in [-0.4, -0.2) is 30.3 Å². The van der Waals surface area contributed by atoms with E-state index in [1.807, 2.05) is 60.7 Å². The van der Waals surface area contributed by atoms with E-state index in [-0.39, 0.29) is 12.5 Å². The largest absolute Gasteiger partial charge is 0.497 e. The number of hydrogen-bond donors (Lipinski definition) is 4. The van der Waals surface area contributed by atoms with E-state index in [1.54, 1.807) is 26.3 Å². The number of nitrogens with one attached hydrogen (secondary N) is 2. The molecule has 7 heteroatoms. The third-order valence-corrected chi connectivity index (χ3v) is 5.78. The number of anilines is 1. The van der Waals surface area contributed by atoms with E-state index in [0.29, 0.717) is 33.8 Å². The van der Waals surface area contributed by atoms with Crippen molar-refractivity contribution in [3.8, 4) is 16.9 Å². The summed E-state index contributed by atoms with van der Waals surface area (Å²) in [4.78, 5) is 17.9. The minimum Gasteiger partial charge on any atom is -0.497 e. The van der Waals surface area contributed by atoms with Gasteiger partial charge < -0.3 is 26.9 Å². The molecule has 0 bridgehead atoms. The van der Waals surface area contributed by atoms with E-state index in [0.717, 1.165) is 22.1 Å². The van der Waals surface area contributed by atoms with Gasteiger partial charge in [-0.3, -0.25) is 9.78 Å². The summed E-state index contributed by atoms with van der Waals surface area (Å²) in [5.74, 6) is 0.419. The molecule has 0 saturated carbocycles. The SMILES string of the molecule is COc1cccc(C(CN)NC(=O)c2cc(-c3ccc(N)c(C(C)=N)c3)cc3cccnc23)c1. The lowest BCUT2D eigenvalue weighted by Crippen LogP contribution is -2.33. The fourth-order valence-corrected chi connectivity index (χ4v) is 3.97. The zero-order valence-electron chi connectivity index (χ0n) is 19.1. The third-order valence-electron chi connectivity index (χ3n) is 5.78. The van der Waals surface area contributed by atoms with E-state index in [2.05, 4.69) is 10.3 Å². The molecule has 0 fully saturated rings. The second kappa shape index (κ2) is 9.72. The van der Waals surface area contributed by atoms with Crippen molar-refractivity contribution in [1.82, 2.24) is 10.3 Å². The van der Waals surface area contributed by atoms with Crippen molar-refractivity contribution in [1.29, 1.82) is 5.41 Å². The Morgan fingerprint density at radius 2 is 1.85 bits per heavy atom. The van der Waals surface area contributed by atoms with Crippen LogP contribution in [-0.2, 0) is 0 Å². The highest BCUT2D eigenvalue weighted by molar-refractivity contribution is 6.08. The van der Waals surface area contributed by atoms with E-state index in [4.69, 9.17) is 21.6 Å². The van der Waals surface area contributed by atoms with Gasteiger partial charge in [0.2, 0.25) is 0 Å². The number of methoxy groups -OCH3 is 1. The number of amides is 1. The average molecular weight is 454 g/mol. The first-order valence-electron chi connectivity index (χ1n) is 10.9. The quantitative estimate of drug-likeness (QED) is 0.245. The van der Waals surface area contributed by atoms with E-state index >= 15 is 0 Å². The van der Waals surface area contributed by atoms with Crippen molar-refractivity contribution in [2.45, 2.75) is 13.0 Å². The number of carbonyl (C=O) groups is 1. The summed E-state index contributed by atoms with van der Waals surface area (Å²) in [6.45, 7) is 1.92. The molecule has 34 heavy (non-hydrogen) atoms. The van der Waals surface area contributed by atoms with Crippen LogP contribution in [0.3, 0.4) is 0 Å². The predicted octanol–water partition coefficient (Wildman–Crippen LogP) is 4.31. The summed E-state index contributed by atoms with van der Waals surface area (Å²) in [6, 6.07) is 20.2. The van der Waals surface area contributed by atoms with Crippen LogP contribution in [0.1, 0.15) is 34.5 Å². The number of ether oxygens (including phenoxy) is 1. The van der Waals surface area contributed by atoms with Crippen molar-refractivity contribution < 1.29 is 9.53 Å². The molecule has 1 amide bonds. The van der Waals surface area contributed by atoms with E-state index in [9.17, 15) is 4.79 Å². The Morgan fingerprint density at radius 1 is 1.06 bits per heavy atom. The van der Waals surface area contributed by atoms with E-state index in [1.165, 1.54) is 0 Å². The minimum absolute atomic E-state index is 0.226. The number of hydrogen-bond acceptors (Lipinski definition) is 6. The van der Waals surface area contributed by atoms with Gasteiger partial charge in [0.1, 0.15) is 5.75 Å². The number of nitrogens with two attached hydrogens (primary N) is 2. The summed E-state index contributed by atoms with van der Waals surface area (Å²) >= 11 is 0. The second-order valence-corrected chi connectivity index (χ2v) is 8.06. The molecule has 7 nitrogen and oxygen atoms in total. The molecular formula is C27H27N5O2. The number of benzene rings is 3. The predicted molar refractivity (Wildman–Crippen MR) is 136 cm³/mol. The molecule has 0 saturated heterocycles. The molecule has 1 unspecified atom stereocenters. The highest BCUT2D eigenvalue weighted by Crippen LogP contribution is 2.30. The molecule has 0 spiro atoms. The molecule has 0 aliphatic carbocycles. The zero-order chi connectivity index (χ0) is 24.2. The number of nitrogens with zero attached hydrogens (tertiary/aromatic N) is 1. The van der Waals surface area contributed by atoms with Crippen LogP contribution in [0.15, 0.2) is 72.9 Å². The van der Waals surface area contributed by atoms with Crippen LogP contribution >= 0.6 is 0 Å². The Labute approximate surface area is 198 Å². The molecule has 3 aromatic carbocycles. The Hall–Kier alpha value is -4.23. The van der Waals surface area contributed by atoms with Crippen LogP contribution in [0.25, 0.3) is 22.0 Å². The Balaban J connectivity index is 1.76. The number of aromatic nitrogens is 1. The first kappa shape index (κ1) is 22.9. The molecule has 1 atom stereocenters. The minimum atomic E-state index is -0.395. The standard InChI is InChI=1S/C27H27N5O2/c1-16(29)22-13-17(8-9-24(22)30)20-11-19-6-4-10-31-26(19)23(14-20)27(33)32-25(15-28)18-5-3-7-21(12-18)34-2/h3-14,25,29H,15,28,30H2,1-2H3,(H,32,33). The Morgan fingerprint density at radius 3 is 2.59 bits per heavy atom. The molecular weight excluding hydrogens is 426 g/mol. The van der Waals surface area contributed by atoms with Gasteiger partial charge >= 0.3 is 0 Å². The lowest BCUT2D eigenvalue weighted by molar-refractivity contribution is 0.0939. The Kier molecular flexibility index (Phi) is 6.56. The fourth-order valence-electron chi connectivity index (χ4n) is 3.97. The van der Waals surface area contributed by atoms with Crippen molar-refractivity contribution in [2.75, 3.05) is 19.4 Å². The molecule has 0 aliphatic heterocycles. The lowest BCUT2D eigenvalue weighted by atomic mass is 9.96. The van der Waals surface area contributed by atoms with Gasteiger partial charge in [-0.25, -0.2) is 0 Å². The first-order valence-corrected chi connectivity index (χ1v) is 10.9. The number of fused-ring (bicyclic) bond motifs is 1. The fraction of sp³-hybridized carbons (Fsp3) is 0.148. The molecule has 4 rings (SSSR count). The van der Waals surface area contributed by atoms with Crippen LogP contribution in [0.2, 0.25) is 0 Å². The summed E-state index contributed by atoms with van der Waals surface area (Å²) in [5.41, 5.74) is 17.2. The van der Waals surface area contributed by atoms with Gasteiger partial charge in [0.25, 0.3) is 5.91 Å². The topological polar surface area (TPSA) is 127 Å². The number of pyridine rings is 1. The molecule has 172 valence electrons. The normalized spacial score (nSPS) is 11.7. The maximum atomic E-state index is 13.5. The van der Waals surface area contributed by atoms with Crippen molar-refractivity contribution in [3.05, 3.63) is 89.6 Å². The zero-order valence-corrected chi connectivity index (χ0v) is 19.1. The average Bonchev–Trinajstić information content (AvgIpc) is 2.86. The Bertz CT molecular complexity index is 1380. The van der Waals surface area contributed by atoms with Gasteiger partial charge in [0, 0.05) is 35.1 Å². The smallest absolute Gasteiger partial charge is 0.254 e. The van der Waals surface area contributed by atoms with Crippen LogP contribution < -0.4 is 21.5 Å². The summed E-state index contributed by atoms with van der Waals surface area (Å²) in [5, 5.41) is 11.9. The van der Waals surface area contributed by atoms with Gasteiger partial charge in [-0.15, -0.1) is 0 Å². The highest BCUT2D eigenvalue weighted by Gasteiger charge is 2.19. The van der Waals surface area contributed by atoms with Crippen molar-refractivity contribution in [2.24, 2.45) is 5.73 Å². The molecule has 1 aromatic heterocycles. The molecule has 0 aliphatic rings. The summed E-state index contributed by atoms with van der Waals surface area (Å²) in [6.07, 6.45) is 1.67. The molecule has 4 aromatic rings. The van der Waals surface area contributed by atoms with E-state index < -0.39 is 6.04 Å². The number of carbonyl (C=O) groups excluding carboxylic acids is 1. The lowest BCUT2D eigenvalue weighted by Gasteiger charge is -2.19. The van der Waals surface area contributed by atoms with Gasteiger partial charge in [0.05, 0.1) is 24.2 Å².